The van der Waals surface area contributed by atoms with Gasteiger partial charge >= 0.3 is 5.97 Å². The van der Waals surface area contributed by atoms with Crippen LogP contribution in [0.15, 0.2) is 30.9 Å². The van der Waals surface area contributed by atoms with Gasteiger partial charge in [0.15, 0.2) is 0 Å². The van der Waals surface area contributed by atoms with Crippen LogP contribution in [0.1, 0.15) is 16.8 Å². The molecule has 0 spiro atoms. The summed E-state index contributed by atoms with van der Waals surface area (Å²) in [6.07, 6.45) is 1.48. The van der Waals surface area contributed by atoms with E-state index in [9.17, 15) is 18.4 Å². The van der Waals surface area contributed by atoms with Gasteiger partial charge in [-0.05, 0) is 18.6 Å². The molecule has 0 bridgehead atoms. The van der Waals surface area contributed by atoms with Crippen molar-refractivity contribution in [1.82, 2.24) is 5.32 Å². The monoisotopic (exact) mass is 269 g/mol. The third-order valence-corrected chi connectivity index (χ3v) is 2.38. The van der Waals surface area contributed by atoms with E-state index in [0.717, 1.165) is 25.3 Å². The van der Waals surface area contributed by atoms with E-state index in [2.05, 4.69) is 16.6 Å². The SMILES string of the molecule is C=CC[C@H](NC(=O)c1c(F)cccc1F)C(=O)OC. The van der Waals surface area contributed by atoms with Crippen molar-refractivity contribution in [1.29, 1.82) is 0 Å². The molecule has 6 heteroatoms. The first kappa shape index (κ1) is 14.8. The van der Waals surface area contributed by atoms with E-state index in [1.165, 1.54) is 6.08 Å². The predicted molar refractivity (Wildman–Crippen MR) is 64.4 cm³/mol. The lowest BCUT2D eigenvalue weighted by Gasteiger charge is -2.15. The Morgan fingerprint density at radius 3 is 2.47 bits per heavy atom. The van der Waals surface area contributed by atoms with Crippen molar-refractivity contribution in [3.8, 4) is 0 Å². The van der Waals surface area contributed by atoms with Crippen LogP contribution in [0.5, 0.6) is 0 Å². The zero-order valence-corrected chi connectivity index (χ0v) is 10.3. The number of esters is 1. The molecule has 1 aromatic rings. The van der Waals surface area contributed by atoms with Crippen LogP contribution in [0, 0.1) is 11.6 Å². The van der Waals surface area contributed by atoms with E-state index in [1.807, 2.05) is 0 Å². The molecule has 0 aliphatic rings. The molecule has 1 aromatic carbocycles. The number of carbonyl (C=O) groups excluding carboxylic acids is 2. The molecule has 0 saturated carbocycles. The lowest BCUT2D eigenvalue weighted by Crippen LogP contribution is -2.41. The molecule has 19 heavy (non-hydrogen) atoms. The van der Waals surface area contributed by atoms with E-state index in [1.54, 1.807) is 0 Å². The average Bonchev–Trinajstić information content (AvgIpc) is 2.37. The highest BCUT2D eigenvalue weighted by Gasteiger charge is 2.24. The van der Waals surface area contributed by atoms with Gasteiger partial charge < -0.3 is 10.1 Å². The van der Waals surface area contributed by atoms with Gasteiger partial charge in [-0.3, -0.25) is 4.79 Å². The van der Waals surface area contributed by atoms with E-state index in [0.29, 0.717) is 0 Å². The molecule has 0 aliphatic heterocycles. The van der Waals surface area contributed by atoms with Crippen LogP contribution in [0.3, 0.4) is 0 Å². The number of nitrogens with one attached hydrogen (secondary N) is 1. The van der Waals surface area contributed by atoms with Crippen LogP contribution in [-0.2, 0) is 9.53 Å². The molecule has 0 heterocycles. The normalized spacial score (nSPS) is 11.5. The van der Waals surface area contributed by atoms with E-state index < -0.39 is 35.1 Å². The molecule has 102 valence electrons. The van der Waals surface area contributed by atoms with Crippen LogP contribution >= 0.6 is 0 Å². The maximum atomic E-state index is 13.4. The molecule has 0 unspecified atom stereocenters. The molecule has 1 amide bonds. The zero-order chi connectivity index (χ0) is 14.4. The summed E-state index contributed by atoms with van der Waals surface area (Å²) < 4.78 is 31.2. The topological polar surface area (TPSA) is 55.4 Å². The summed E-state index contributed by atoms with van der Waals surface area (Å²) in [4.78, 5) is 23.1. The van der Waals surface area contributed by atoms with Gasteiger partial charge in [-0.2, -0.15) is 0 Å². The van der Waals surface area contributed by atoms with Crippen molar-refractivity contribution in [2.75, 3.05) is 7.11 Å². The van der Waals surface area contributed by atoms with Crippen molar-refractivity contribution in [2.45, 2.75) is 12.5 Å². The standard InChI is InChI=1S/C13H13F2NO3/c1-3-5-10(13(18)19-2)16-12(17)11-8(14)6-4-7-9(11)15/h3-4,6-7,10H,1,5H2,2H3,(H,16,17)/t10-/m0/s1. The molecule has 0 saturated heterocycles. The fraction of sp³-hybridized carbons (Fsp3) is 0.231. The minimum atomic E-state index is -1.03. The Balaban J connectivity index is 2.94. The second-order valence-corrected chi connectivity index (χ2v) is 3.67. The second-order valence-electron chi connectivity index (χ2n) is 3.67. The zero-order valence-electron chi connectivity index (χ0n) is 10.3. The van der Waals surface area contributed by atoms with Gasteiger partial charge in [0, 0.05) is 0 Å². The van der Waals surface area contributed by atoms with Crippen LogP contribution in [-0.4, -0.2) is 25.0 Å². The highest BCUT2D eigenvalue weighted by molar-refractivity contribution is 5.97. The average molecular weight is 269 g/mol. The molecule has 0 radical (unpaired) electrons. The van der Waals surface area contributed by atoms with Gasteiger partial charge in [0.25, 0.3) is 5.91 Å². The number of ether oxygens (including phenoxy) is 1. The highest BCUT2D eigenvalue weighted by Crippen LogP contribution is 2.12. The van der Waals surface area contributed by atoms with Gasteiger partial charge in [0.05, 0.1) is 7.11 Å². The third-order valence-electron chi connectivity index (χ3n) is 2.38. The molecular formula is C13H13F2NO3. The molecule has 1 rings (SSSR count). The number of amides is 1. The molecule has 1 N–H and O–H groups in total. The minimum Gasteiger partial charge on any atom is -0.467 e. The van der Waals surface area contributed by atoms with Gasteiger partial charge in [-0.15, -0.1) is 6.58 Å². The highest BCUT2D eigenvalue weighted by atomic mass is 19.1. The molecule has 1 atom stereocenters. The molecular weight excluding hydrogens is 256 g/mol. The lowest BCUT2D eigenvalue weighted by molar-refractivity contribution is -0.142. The van der Waals surface area contributed by atoms with E-state index in [-0.39, 0.29) is 6.42 Å². The lowest BCUT2D eigenvalue weighted by atomic mass is 10.1. The Morgan fingerprint density at radius 1 is 1.42 bits per heavy atom. The molecule has 0 fully saturated rings. The molecule has 0 aliphatic carbocycles. The van der Waals surface area contributed by atoms with Crippen LogP contribution in [0.2, 0.25) is 0 Å². The summed E-state index contributed by atoms with van der Waals surface area (Å²) in [7, 11) is 1.15. The minimum absolute atomic E-state index is 0.0918. The van der Waals surface area contributed by atoms with Gasteiger partial charge in [-0.1, -0.05) is 12.1 Å². The Hall–Kier alpha value is -2.24. The molecule has 4 nitrogen and oxygen atoms in total. The Labute approximate surface area is 109 Å². The number of carbonyl (C=O) groups is 2. The summed E-state index contributed by atoms with van der Waals surface area (Å²) in [5.74, 6) is -3.74. The number of hydrogen-bond donors (Lipinski definition) is 1. The first-order valence-corrected chi connectivity index (χ1v) is 5.44. The number of methoxy groups -OCH3 is 1. The maximum Gasteiger partial charge on any atom is 0.328 e. The first-order valence-electron chi connectivity index (χ1n) is 5.44. The second kappa shape index (κ2) is 6.63. The van der Waals surface area contributed by atoms with E-state index >= 15 is 0 Å². The van der Waals surface area contributed by atoms with Crippen molar-refractivity contribution in [2.24, 2.45) is 0 Å². The van der Waals surface area contributed by atoms with Crippen molar-refractivity contribution >= 4 is 11.9 Å². The van der Waals surface area contributed by atoms with E-state index in [4.69, 9.17) is 0 Å². The summed E-state index contributed by atoms with van der Waals surface area (Å²) >= 11 is 0. The fourth-order valence-corrected chi connectivity index (χ4v) is 1.47. The Morgan fingerprint density at radius 2 is 2.00 bits per heavy atom. The first-order chi connectivity index (χ1) is 9.01. The maximum absolute atomic E-state index is 13.4. The number of hydrogen-bond acceptors (Lipinski definition) is 3. The fourth-order valence-electron chi connectivity index (χ4n) is 1.47. The Kier molecular flexibility index (Phi) is 5.17. The van der Waals surface area contributed by atoms with Crippen LogP contribution in [0.4, 0.5) is 8.78 Å². The van der Waals surface area contributed by atoms with Crippen molar-refractivity contribution < 1.29 is 23.1 Å². The number of rotatable bonds is 5. The summed E-state index contributed by atoms with van der Waals surface area (Å²) in [5.41, 5.74) is -0.736. The largest absolute Gasteiger partial charge is 0.467 e. The summed E-state index contributed by atoms with van der Waals surface area (Å²) in [5, 5.41) is 2.20. The summed E-state index contributed by atoms with van der Waals surface area (Å²) in [6.45, 7) is 3.43. The smallest absolute Gasteiger partial charge is 0.328 e. The van der Waals surface area contributed by atoms with Gasteiger partial charge in [0.1, 0.15) is 23.2 Å². The van der Waals surface area contributed by atoms with Crippen molar-refractivity contribution in [3.05, 3.63) is 48.1 Å². The number of benzene rings is 1. The quantitative estimate of drug-likeness (QED) is 0.655. The van der Waals surface area contributed by atoms with Crippen molar-refractivity contribution in [3.63, 3.8) is 0 Å². The van der Waals surface area contributed by atoms with Crippen LogP contribution in [0.25, 0.3) is 0 Å². The Bertz CT molecular complexity index is 482. The molecule has 0 aromatic heterocycles. The number of halogens is 2. The predicted octanol–water partition coefficient (Wildman–Crippen LogP) is 1.81. The third kappa shape index (κ3) is 3.61. The summed E-state index contributed by atoms with van der Waals surface area (Å²) in [6, 6.07) is 2.02. The van der Waals surface area contributed by atoms with Gasteiger partial charge in [0.2, 0.25) is 0 Å². The van der Waals surface area contributed by atoms with Gasteiger partial charge in [-0.25, -0.2) is 13.6 Å². The van der Waals surface area contributed by atoms with Crippen LogP contribution < -0.4 is 5.32 Å².